The summed E-state index contributed by atoms with van der Waals surface area (Å²) in [7, 11) is 0. The number of para-hydroxylation sites is 1. The van der Waals surface area contributed by atoms with E-state index in [0.717, 1.165) is 131 Å². The molecule has 6 heteroatoms. The van der Waals surface area contributed by atoms with Crippen molar-refractivity contribution in [2.45, 2.75) is 136 Å². The number of rotatable bonds is 3. The van der Waals surface area contributed by atoms with Gasteiger partial charge < -0.3 is 23.0 Å². The highest BCUT2D eigenvalue weighted by Crippen LogP contribution is 2.57. The Morgan fingerprint density at radius 2 is 1.08 bits per heavy atom. The fourth-order valence-electron chi connectivity index (χ4n) is 14.4. The summed E-state index contributed by atoms with van der Waals surface area (Å²) in [4.78, 5) is 5.16. The lowest BCUT2D eigenvalue weighted by atomic mass is 9.45. The van der Waals surface area contributed by atoms with Gasteiger partial charge in [0.05, 0.1) is 5.69 Å². The number of aryl methyl sites for hydroxylation is 1. The van der Waals surface area contributed by atoms with Crippen molar-refractivity contribution in [3.8, 4) is 22.3 Å². The number of nitrogens with zero attached hydrogens (tertiary/aromatic N) is 2. The fraction of sp³-hybridized carbons (Fsp3) is 0.296. The molecule has 0 unspecified atom stereocenters. The normalized spacial score (nSPS) is 17.7. The van der Waals surface area contributed by atoms with E-state index in [4.69, 9.17) is 13.3 Å². The summed E-state index contributed by atoms with van der Waals surface area (Å²) in [5.74, 6) is 0. The summed E-state index contributed by atoms with van der Waals surface area (Å²) in [5.41, 5.74) is 24.8. The summed E-state index contributed by atoms with van der Waals surface area (Å²) in [5, 5.41) is 5.56. The molecule has 5 heterocycles. The maximum atomic E-state index is 7.69. The molecule has 3 aromatic heterocycles. The average molecular weight is 1010 g/mol. The van der Waals surface area contributed by atoms with Gasteiger partial charge in [0.15, 0.2) is 0 Å². The van der Waals surface area contributed by atoms with Crippen LogP contribution in [0, 0.1) is 6.92 Å². The Morgan fingerprint density at radius 3 is 1.78 bits per heavy atom. The van der Waals surface area contributed by atoms with Crippen molar-refractivity contribution in [2.75, 3.05) is 9.71 Å². The van der Waals surface area contributed by atoms with Crippen LogP contribution in [0.2, 0.25) is 0 Å². The third-order valence-electron chi connectivity index (χ3n) is 19.2. The van der Waals surface area contributed by atoms with Crippen molar-refractivity contribution < 1.29 is 13.3 Å². The molecule has 0 amide bonds. The minimum Gasteiger partial charge on any atom is -0.466 e. The molecule has 0 N–H and O–H groups in total. The number of benzene rings is 8. The van der Waals surface area contributed by atoms with Crippen molar-refractivity contribution >= 4 is 101 Å². The summed E-state index contributed by atoms with van der Waals surface area (Å²) < 4.78 is 22.2. The summed E-state index contributed by atoms with van der Waals surface area (Å²) in [6, 6.07) is 52.6. The van der Waals surface area contributed by atoms with Gasteiger partial charge in [-0.15, -0.1) is 0 Å². The van der Waals surface area contributed by atoms with Gasteiger partial charge >= 0.3 is 6.85 Å². The smallest absolute Gasteiger partial charge is 0.376 e. The van der Waals surface area contributed by atoms with Crippen molar-refractivity contribution in [2.24, 2.45) is 0 Å². The first-order valence-electron chi connectivity index (χ1n) is 28.2. The molecule has 0 saturated carbocycles. The van der Waals surface area contributed by atoms with Crippen LogP contribution in [-0.2, 0) is 27.1 Å². The summed E-state index contributed by atoms with van der Waals surface area (Å²) in [6.07, 6.45) is 4.55. The molecule has 77 heavy (non-hydrogen) atoms. The Hall–Kier alpha value is -7.44. The third kappa shape index (κ3) is 6.60. The standard InChI is InChI=1S/C71H67BN2O3/c1-40-32-51-53(70(9,10)30-28-68(51,5)6)37-55(40)73-57-36-49-45-20-16-17-21-58(45)76-65(49)62-50-34-47-48-35-52-54(71(11,12)31-29-69(52,7)8)38-60(48)75-61(47)39-56(50)74(44-25-23-43(24-26-44)67(2,3)4)72(63(57)62)66-64(73)46-27-22-42(33-59(46)77-66)41-18-14-13-15-19-41/h13-27,32-39H,28-31H2,1-12H3. The van der Waals surface area contributed by atoms with Crippen LogP contribution in [0.1, 0.15) is 135 Å². The molecule has 5 nitrogen and oxygen atoms in total. The zero-order valence-corrected chi connectivity index (χ0v) is 46.8. The van der Waals surface area contributed by atoms with Crippen LogP contribution in [0.5, 0.6) is 0 Å². The zero-order chi connectivity index (χ0) is 53.0. The number of hydrogen-bond donors (Lipinski definition) is 0. The summed E-state index contributed by atoms with van der Waals surface area (Å²) >= 11 is 0. The molecule has 0 saturated heterocycles. The molecule has 0 fully saturated rings. The number of hydrogen-bond acceptors (Lipinski definition) is 5. The highest BCUT2D eigenvalue weighted by molar-refractivity contribution is 6.93. The maximum absolute atomic E-state index is 7.69. The molecule has 0 bridgehead atoms. The first-order chi connectivity index (χ1) is 36.7. The van der Waals surface area contributed by atoms with Gasteiger partial charge in [-0.05, 0) is 170 Å². The number of anilines is 5. The van der Waals surface area contributed by atoms with E-state index >= 15 is 0 Å². The molecule has 11 aromatic rings. The van der Waals surface area contributed by atoms with Gasteiger partial charge in [0.2, 0.25) is 0 Å². The fourth-order valence-corrected chi connectivity index (χ4v) is 14.4. The molecule has 8 aromatic carbocycles. The van der Waals surface area contributed by atoms with E-state index in [0.29, 0.717) is 0 Å². The Morgan fingerprint density at radius 1 is 0.468 bits per heavy atom. The first-order valence-corrected chi connectivity index (χ1v) is 28.2. The van der Waals surface area contributed by atoms with Gasteiger partial charge in [-0.25, -0.2) is 0 Å². The molecular formula is C71H67BN2O3. The molecule has 0 radical (unpaired) electrons. The molecule has 2 aliphatic heterocycles. The molecule has 0 atom stereocenters. The molecule has 382 valence electrons. The van der Waals surface area contributed by atoms with E-state index < -0.39 is 6.85 Å². The van der Waals surface area contributed by atoms with Crippen molar-refractivity contribution in [1.29, 1.82) is 0 Å². The quantitative estimate of drug-likeness (QED) is 0.165. The van der Waals surface area contributed by atoms with Crippen molar-refractivity contribution in [3.05, 3.63) is 173 Å². The van der Waals surface area contributed by atoms with Crippen LogP contribution < -0.4 is 20.8 Å². The van der Waals surface area contributed by atoms with Gasteiger partial charge in [-0.2, -0.15) is 0 Å². The third-order valence-corrected chi connectivity index (χ3v) is 19.2. The van der Waals surface area contributed by atoms with Gasteiger partial charge in [0.1, 0.15) is 33.6 Å². The van der Waals surface area contributed by atoms with E-state index in [1.807, 2.05) is 0 Å². The molecule has 2 aliphatic carbocycles. The Labute approximate surface area is 453 Å². The van der Waals surface area contributed by atoms with E-state index in [1.54, 1.807) is 0 Å². The summed E-state index contributed by atoms with van der Waals surface area (Å²) in [6.45, 7) is 28.2. The average Bonchev–Trinajstić information content (AvgIpc) is 4.29. The molecule has 15 rings (SSSR count). The van der Waals surface area contributed by atoms with Gasteiger partial charge in [0.25, 0.3) is 0 Å². The van der Waals surface area contributed by atoms with Crippen LogP contribution in [0.15, 0.2) is 153 Å². The van der Waals surface area contributed by atoms with Crippen LogP contribution >= 0.6 is 0 Å². The highest BCUT2D eigenvalue weighted by atomic mass is 16.3. The van der Waals surface area contributed by atoms with Gasteiger partial charge in [-0.3, -0.25) is 0 Å². The second-order valence-electron chi connectivity index (χ2n) is 27.0. The number of furan rings is 3. The Balaban J connectivity index is 1.11. The van der Waals surface area contributed by atoms with Crippen LogP contribution in [0.3, 0.4) is 0 Å². The first kappa shape index (κ1) is 46.8. The van der Waals surface area contributed by atoms with Crippen LogP contribution in [-0.4, -0.2) is 6.85 Å². The van der Waals surface area contributed by atoms with E-state index in [1.165, 1.54) is 44.5 Å². The highest BCUT2D eigenvalue weighted by Gasteiger charge is 2.51. The lowest BCUT2D eigenvalue weighted by Gasteiger charge is -2.45. The minimum absolute atomic E-state index is 0.0143. The topological polar surface area (TPSA) is 45.9 Å². The predicted octanol–water partition coefficient (Wildman–Crippen LogP) is 18.9. The van der Waals surface area contributed by atoms with Crippen molar-refractivity contribution in [1.82, 2.24) is 0 Å². The second kappa shape index (κ2) is 15.4. The molecular weight excluding hydrogens is 940 g/mol. The van der Waals surface area contributed by atoms with Gasteiger partial charge in [0, 0.05) is 66.9 Å². The minimum atomic E-state index is -0.395. The predicted molar refractivity (Wildman–Crippen MR) is 324 cm³/mol. The number of fused-ring (bicyclic) bond motifs is 15. The lowest BCUT2D eigenvalue weighted by Crippen LogP contribution is -2.61. The molecule has 0 spiro atoms. The van der Waals surface area contributed by atoms with Crippen LogP contribution in [0.25, 0.3) is 77.1 Å². The van der Waals surface area contributed by atoms with Crippen molar-refractivity contribution in [3.63, 3.8) is 0 Å². The Bertz CT molecular complexity index is 4340. The monoisotopic (exact) mass is 1010 g/mol. The molecule has 4 aliphatic rings. The van der Waals surface area contributed by atoms with E-state index in [-0.39, 0.29) is 27.1 Å². The maximum Gasteiger partial charge on any atom is 0.376 e. The van der Waals surface area contributed by atoms with Gasteiger partial charge in [-0.1, -0.05) is 149 Å². The zero-order valence-electron chi connectivity index (χ0n) is 46.8. The van der Waals surface area contributed by atoms with Crippen LogP contribution in [0.4, 0.5) is 28.4 Å². The largest absolute Gasteiger partial charge is 0.466 e. The Kier molecular flexibility index (Phi) is 9.37. The second-order valence-corrected chi connectivity index (χ2v) is 27.0. The lowest BCUT2D eigenvalue weighted by molar-refractivity contribution is 0.332. The van der Waals surface area contributed by atoms with E-state index in [9.17, 15) is 0 Å². The SMILES string of the molecule is Cc1cc2c(cc1N1c3cc4c(oc5ccccc54)c4c3B(c3oc5cc(-c6ccccc6)ccc5c31)N(c1ccc(C(C)(C)C)cc1)c1cc3oc5cc6c(cc5c3cc1-4)C(C)(C)CCC6(C)C)C(C)(C)CCC2(C)C. The van der Waals surface area contributed by atoms with E-state index in [2.05, 4.69) is 232 Å².